The van der Waals surface area contributed by atoms with Crippen molar-refractivity contribution in [3.8, 4) is 17.2 Å². The summed E-state index contributed by atoms with van der Waals surface area (Å²) in [5.41, 5.74) is 9.30. The lowest BCUT2D eigenvalue weighted by atomic mass is 10.2. The smallest absolute Gasteiger partial charge is 0.344 e. The summed E-state index contributed by atoms with van der Waals surface area (Å²) in [5, 5.41) is 0. The predicted octanol–water partition coefficient (Wildman–Crippen LogP) is 3.36. The van der Waals surface area contributed by atoms with E-state index >= 15 is 0 Å². The third-order valence-corrected chi connectivity index (χ3v) is 5.04. The maximum absolute atomic E-state index is 13.1. The number of aromatic nitrogens is 3. The molecule has 0 aliphatic rings. The van der Waals surface area contributed by atoms with Crippen LogP contribution < -0.4 is 15.2 Å². The van der Waals surface area contributed by atoms with Gasteiger partial charge in [0.2, 0.25) is 0 Å². The highest BCUT2D eigenvalue weighted by atomic mass is 16.6. The fourth-order valence-electron chi connectivity index (χ4n) is 3.59. The highest BCUT2D eigenvalue weighted by Gasteiger charge is 2.28. The van der Waals surface area contributed by atoms with Gasteiger partial charge in [0, 0.05) is 13.2 Å². The molecule has 32 heavy (non-hydrogen) atoms. The van der Waals surface area contributed by atoms with Gasteiger partial charge in [-0.3, -0.25) is 4.57 Å². The highest BCUT2D eigenvalue weighted by Crippen LogP contribution is 2.36. The lowest BCUT2D eigenvalue weighted by Crippen LogP contribution is -2.20. The minimum Gasteiger partial charge on any atom is -0.497 e. The number of para-hydroxylation sites is 2. The summed E-state index contributed by atoms with van der Waals surface area (Å²) in [4.78, 5) is 22.6. The van der Waals surface area contributed by atoms with E-state index in [0.717, 1.165) is 0 Å². The molecule has 2 N–H and O–H groups in total. The van der Waals surface area contributed by atoms with Crippen LogP contribution in [0, 0.1) is 0 Å². The lowest BCUT2D eigenvalue weighted by Gasteiger charge is -2.14. The van der Waals surface area contributed by atoms with Gasteiger partial charge in [-0.2, -0.15) is 0 Å². The van der Waals surface area contributed by atoms with Crippen molar-refractivity contribution >= 4 is 34.0 Å². The quantitative estimate of drug-likeness (QED) is 0.439. The van der Waals surface area contributed by atoms with Crippen LogP contribution in [0.25, 0.3) is 27.9 Å². The molecule has 2 aromatic carbocycles. The molecule has 9 heteroatoms. The SMILES string of the molecule is COC[C@H](C)OC(=O)c1c(N)n(-c2ccc(OC)cc2OC)c2nc3ccccc3nc12. The van der Waals surface area contributed by atoms with Gasteiger partial charge in [-0.25, -0.2) is 14.8 Å². The number of methoxy groups -OCH3 is 3. The third kappa shape index (κ3) is 3.67. The number of benzene rings is 2. The fourth-order valence-corrected chi connectivity index (χ4v) is 3.59. The molecule has 2 heterocycles. The van der Waals surface area contributed by atoms with Crippen LogP contribution in [0.5, 0.6) is 11.5 Å². The molecule has 0 amide bonds. The Bertz CT molecular complexity index is 1300. The van der Waals surface area contributed by atoms with Crippen molar-refractivity contribution in [1.29, 1.82) is 0 Å². The Balaban J connectivity index is 2.00. The van der Waals surface area contributed by atoms with Crippen LogP contribution >= 0.6 is 0 Å². The Kier molecular flexibility index (Phi) is 5.83. The van der Waals surface area contributed by atoms with Gasteiger partial charge in [0.05, 0.1) is 37.5 Å². The summed E-state index contributed by atoms with van der Waals surface area (Å²) in [6.07, 6.45) is -0.464. The Morgan fingerprint density at radius 1 is 1.06 bits per heavy atom. The van der Waals surface area contributed by atoms with Crippen LogP contribution in [0.2, 0.25) is 0 Å². The van der Waals surface area contributed by atoms with E-state index in [4.69, 9.17) is 29.7 Å². The highest BCUT2D eigenvalue weighted by molar-refractivity contribution is 6.09. The number of anilines is 1. The molecule has 0 spiro atoms. The first-order valence-corrected chi connectivity index (χ1v) is 9.97. The Morgan fingerprint density at radius 3 is 2.44 bits per heavy atom. The van der Waals surface area contributed by atoms with Crippen LogP contribution in [0.1, 0.15) is 17.3 Å². The van der Waals surface area contributed by atoms with Crippen LogP contribution in [0.4, 0.5) is 5.82 Å². The number of nitrogen functional groups attached to an aromatic ring is 1. The molecule has 2 aromatic heterocycles. The predicted molar refractivity (Wildman–Crippen MR) is 121 cm³/mol. The average molecular weight is 436 g/mol. The zero-order chi connectivity index (χ0) is 22.8. The Labute approximate surface area is 184 Å². The van der Waals surface area contributed by atoms with Gasteiger partial charge in [0.15, 0.2) is 5.65 Å². The molecule has 4 aromatic rings. The molecular formula is C23H24N4O5. The van der Waals surface area contributed by atoms with Crippen molar-refractivity contribution in [2.24, 2.45) is 0 Å². The van der Waals surface area contributed by atoms with Gasteiger partial charge < -0.3 is 24.7 Å². The Hall–Kier alpha value is -3.85. The van der Waals surface area contributed by atoms with Gasteiger partial charge in [0.1, 0.15) is 34.5 Å². The number of carbonyl (C=O) groups is 1. The van der Waals surface area contributed by atoms with E-state index in [9.17, 15) is 4.79 Å². The molecule has 0 aliphatic carbocycles. The zero-order valence-corrected chi connectivity index (χ0v) is 18.3. The Morgan fingerprint density at radius 2 is 1.78 bits per heavy atom. The van der Waals surface area contributed by atoms with Crippen molar-refractivity contribution in [2.45, 2.75) is 13.0 Å². The summed E-state index contributed by atoms with van der Waals surface area (Å²) in [5.74, 6) is 0.655. The molecule has 166 valence electrons. The lowest BCUT2D eigenvalue weighted by molar-refractivity contribution is 0.0123. The number of ether oxygens (including phenoxy) is 4. The summed E-state index contributed by atoms with van der Waals surface area (Å²) < 4.78 is 23.1. The molecular weight excluding hydrogens is 412 g/mol. The summed E-state index contributed by atoms with van der Waals surface area (Å²) >= 11 is 0. The van der Waals surface area contributed by atoms with Gasteiger partial charge in [-0.15, -0.1) is 0 Å². The summed E-state index contributed by atoms with van der Waals surface area (Å²) in [7, 11) is 4.65. The fraction of sp³-hybridized carbons (Fsp3) is 0.261. The van der Waals surface area contributed by atoms with Gasteiger partial charge >= 0.3 is 5.97 Å². The molecule has 0 saturated heterocycles. The number of carbonyl (C=O) groups excluding carboxylic acids is 1. The van der Waals surface area contributed by atoms with Crippen LogP contribution in [-0.4, -0.2) is 54.5 Å². The van der Waals surface area contributed by atoms with Crippen molar-refractivity contribution in [3.05, 3.63) is 48.0 Å². The second-order valence-corrected chi connectivity index (χ2v) is 7.19. The van der Waals surface area contributed by atoms with E-state index in [1.807, 2.05) is 24.3 Å². The molecule has 1 atom stereocenters. The molecule has 0 radical (unpaired) electrons. The number of nitrogens with two attached hydrogens (primary N) is 1. The van der Waals surface area contributed by atoms with Crippen molar-refractivity contribution in [3.63, 3.8) is 0 Å². The molecule has 0 saturated carbocycles. The van der Waals surface area contributed by atoms with Crippen molar-refractivity contribution in [1.82, 2.24) is 14.5 Å². The number of hydrogen-bond acceptors (Lipinski definition) is 8. The van der Waals surface area contributed by atoms with Crippen molar-refractivity contribution in [2.75, 3.05) is 33.7 Å². The topological polar surface area (TPSA) is 111 Å². The summed E-state index contributed by atoms with van der Waals surface area (Å²) in [6.45, 7) is 2.00. The molecule has 0 fully saturated rings. The second-order valence-electron chi connectivity index (χ2n) is 7.19. The van der Waals surface area contributed by atoms with Crippen LogP contribution in [0.15, 0.2) is 42.5 Å². The van der Waals surface area contributed by atoms with E-state index in [-0.39, 0.29) is 18.0 Å². The van der Waals surface area contributed by atoms with E-state index in [1.54, 1.807) is 43.9 Å². The molecule has 0 bridgehead atoms. The average Bonchev–Trinajstić information content (AvgIpc) is 3.07. The first kappa shape index (κ1) is 21.4. The van der Waals surface area contributed by atoms with E-state index in [2.05, 4.69) is 4.98 Å². The minimum atomic E-state index is -0.604. The standard InChI is InChI=1S/C23H24N4O5/c1-13(12-29-2)32-23(28)19-20-22(26-16-8-6-5-7-15(16)25-20)27(21(19)24)17-10-9-14(30-3)11-18(17)31-4/h5-11,13H,12,24H2,1-4H3/t13-/m0/s1. The van der Waals surface area contributed by atoms with Gasteiger partial charge in [0.25, 0.3) is 0 Å². The van der Waals surface area contributed by atoms with E-state index < -0.39 is 12.1 Å². The van der Waals surface area contributed by atoms with E-state index in [1.165, 1.54) is 7.11 Å². The second kappa shape index (κ2) is 8.72. The third-order valence-electron chi connectivity index (χ3n) is 5.04. The number of esters is 1. The number of rotatable bonds is 7. The minimum absolute atomic E-state index is 0.138. The van der Waals surface area contributed by atoms with Crippen molar-refractivity contribution < 1.29 is 23.7 Å². The number of nitrogens with zero attached hydrogens (tertiary/aromatic N) is 3. The molecule has 4 rings (SSSR count). The van der Waals surface area contributed by atoms with Crippen LogP contribution in [0.3, 0.4) is 0 Å². The largest absolute Gasteiger partial charge is 0.497 e. The molecule has 0 aliphatic heterocycles. The van der Waals surface area contributed by atoms with Gasteiger partial charge in [-0.05, 0) is 31.2 Å². The molecule has 0 unspecified atom stereocenters. The molecule has 9 nitrogen and oxygen atoms in total. The maximum Gasteiger partial charge on any atom is 0.344 e. The monoisotopic (exact) mass is 436 g/mol. The zero-order valence-electron chi connectivity index (χ0n) is 18.3. The number of hydrogen-bond donors (Lipinski definition) is 1. The van der Waals surface area contributed by atoms with Gasteiger partial charge in [-0.1, -0.05) is 12.1 Å². The number of fused-ring (bicyclic) bond motifs is 2. The maximum atomic E-state index is 13.1. The first-order valence-electron chi connectivity index (χ1n) is 9.97. The van der Waals surface area contributed by atoms with Crippen LogP contribution in [-0.2, 0) is 9.47 Å². The summed E-state index contributed by atoms with van der Waals surface area (Å²) in [6, 6.07) is 12.7. The first-order chi connectivity index (χ1) is 15.5. The van der Waals surface area contributed by atoms with E-state index in [0.29, 0.717) is 39.4 Å². The normalized spacial score (nSPS) is 12.1.